The molecule has 20 heavy (non-hydrogen) atoms. The van der Waals surface area contributed by atoms with Crippen molar-refractivity contribution >= 4 is 0 Å². The largest absolute Gasteiger partial charge is 0.486 e. The van der Waals surface area contributed by atoms with Crippen molar-refractivity contribution in [3.8, 4) is 11.6 Å². The van der Waals surface area contributed by atoms with Crippen LogP contribution in [0.1, 0.15) is 11.1 Å². The van der Waals surface area contributed by atoms with Gasteiger partial charge < -0.3 is 15.2 Å². The molecule has 2 rings (SSSR count). The molecule has 0 spiro atoms. The predicted molar refractivity (Wildman–Crippen MR) is 74.3 cm³/mol. The zero-order chi connectivity index (χ0) is 14.4. The van der Waals surface area contributed by atoms with E-state index >= 15 is 0 Å². The maximum Gasteiger partial charge on any atom is 0.219 e. The number of pyridine rings is 1. The van der Waals surface area contributed by atoms with Crippen molar-refractivity contribution < 1.29 is 13.9 Å². The summed E-state index contributed by atoms with van der Waals surface area (Å²) < 4.78 is 24.4. The van der Waals surface area contributed by atoms with Crippen LogP contribution in [-0.2, 0) is 13.0 Å². The number of ether oxygens (including phenoxy) is 2. The number of aromatic nitrogens is 1. The van der Waals surface area contributed by atoms with Crippen LogP contribution in [0.5, 0.6) is 11.6 Å². The van der Waals surface area contributed by atoms with Gasteiger partial charge in [-0.1, -0.05) is 6.07 Å². The highest BCUT2D eigenvalue weighted by atomic mass is 19.1. The minimum Gasteiger partial charge on any atom is -0.486 e. The standard InChI is InChI=1S/C15H17FN2O2/c1-19-15-12(3-2-8-18-15)10-20-14-5-4-11(6-7-17)9-13(14)16/h2-5,8-9H,6-7,10,17H2,1H3. The van der Waals surface area contributed by atoms with Crippen molar-refractivity contribution in [1.29, 1.82) is 0 Å². The molecule has 0 atom stereocenters. The minimum absolute atomic E-state index is 0.199. The first kappa shape index (κ1) is 14.3. The third-order valence-corrected chi connectivity index (χ3v) is 2.86. The van der Waals surface area contributed by atoms with Crippen molar-refractivity contribution in [1.82, 2.24) is 4.98 Å². The van der Waals surface area contributed by atoms with Crippen LogP contribution in [0, 0.1) is 5.82 Å². The van der Waals surface area contributed by atoms with Gasteiger partial charge in [-0.15, -0.1) is 0 Å². The molecule has 0 fully saturated rings. The van der Waals surface area contributed by atoms with Crippen LogP contribution in [0.15, 0.2) is 36.5 Å². The van der Waals surface area contributed by atoms with Crippen LogP contribution in [-0.4, -0.2) is 18.6 Å². The summed E-state index contributed by atoms with van der Waals surface area (Å²) in [6, 6.07) is 8.48. The van der Waals surface area contributed by atoms with Crippen molar-refractivity contribution in [2.75, 3.05) is 13.7 Å². The van der Waals surface area contributed by atoms with Gasteiger partial charge in [-0.3, -0.25) is 0 Å². The Morgan fingerprint density at radius 1 is 1.30 bits per heavy atom. The highest BCUT2D eigenvalue weighted by Crippen LogP contribution is 2.22. The number of hydrogen-bond donors (Lipinski definition) is 1. The summed E-state index contributed by atoms with van der Waals surface area (Å²) in [6.07, 6.45) is 2.28. The molecule has 0 saturated heterocycles. The summed E-state index contributed by atoms with van der Waals surface area (Å²) in [5, 5.41) is 0. The second kappa shape index (κ2) is 6.86. The van der Waals surface area contributed by atoms with Gasteiger partial charge in [-0.05, 0) is 42.8 Å². The number of nitrogens with two attached hydrogens (primary N) is 1. The summed E-state index contributed by atoms with van der Waals surface area (Å²) in [6.45, 7) is 0.691. The third-order valence-electron chi connectivity index (χ3n) is 2.86. The van der Waals surface area contributed by atoms with Crippen molar-refractivity contribution in [3.63, 3.8) is 0 Å². The molecule has 2 N–H and O–H groups in total. The third kappa shape index (κ3) is 3.45. The summed E-state index contributed by atoms with van der Waals surface area (Å²) in [7, 11) is 1.54. The van der Waals surface area contributed by atoms with E-state index in [0.717, 1.165) is 11.1 Å². The number of benzene rings is 1. The summed E-state index contributed by atoms with van der Waals surface area (Å²) >= 11 is 0. The fraction of sp³-hybridized carbons (Fsp3) is 0.267. The lowest BCUT2D eigenvalue weighted by atomic mass is 10.1. The van der Waals surface area contributed by atoms with Gasteiger partial charge >= 0.3 is 0 Å². The minimum atomic E-state index is -0.390. The van der Waals surface area contributed by atoms with Gasteiger partial charge in [0.15, 0.2) is 11.6 Å². The van der Waals surface area contributed by atoms with E-state index in [-0.39, 0.29) is 18.2 Å². The normalized spacial score (nSPS) is 10.3. The Morgan fingerprint density at radius 3 is 2.85 bits per heavy atom. The number of halogens is 1. The number of rotatable bonds is 6. The molecule has 0 unspecified atom stereocenters. The molecule has 4 nitrogen and oxygen atoms in total. The summed E-state index contributed by atoms with van der Waals surface area (Å²) in [5.41, 5.74) is 7.06. The van der Waals surface area contributed by atoms with E-state index in [1.54, 1.807) is 18.3 Å². The van der Waals surface area contributed by atoms with Crippen molar-refractivity contribution in [2.24, 2.45) is 5.73 Å². The molecule has 0 aliphatic carbocycles. The van der Waals surface area contributed by atoms with E-state index in [9.17, 15) is 4.39 Å². The average Bonchev–Trinajstić information content (AvgIpc) is 2.47. The fourth-order valence-corrected chi connectivity index (χ4v) is 1.86. The molecule has 0 bridgehead atoms. The van der Waals surface area contributed by atoms with E-state index in [0.29, 0.717) is 18.8 Å². The van der Waals surface area contributed by atoms with Crippen LogP contribution >= 0.6 is 0 Å². The monoisotopic (exact) mass is 276 g/mol. The lowest BCUT2D eigenvalue weighted by molar-refractivity contribution is 0.280. The van der Waals surface area contributed by atoms with Crippen LogP contribution < -0.4 is 15.2 Å². The van der Waals surface area contributed by atoms with Gasteiger partial charge in [0.05, 0.1) is 12.7 Å². The zero-order valence-corrected chi connectivity index (χ0v) is 11.3. The van der Waals surface area contributed by atoms with E-state index in [4.69, 9.17) is 15.2 Å². The molecule has 5 heteroatoms. The fourth-order valence-electron chi connectivity index (χ4n) is 1.86. The average molecular weight is 276 g/mol. The van der Waals surface area contributed by atoms with Gasteiger partial charge in [0.25, 0.3) is 0 Å². The molecule has 1 aromatic carbocycles. The molecule has 1 aromatic heterocycles. The van der Waals surface area contributed by atoms with Gasteiger partial charge in [0, 0.05) is 6.20 Å². The first-order chi connectivity index (χ1) is 9.74. The summed E-state index contributed by atoms with van der Waals surface area (Å²) in [4.78, 5) is 4.06. The van der Waals surface area contributed by atoms with Crippen molar-refractivity contribution in [2.45, 2.75) is 13.0 Å². The Bertz CT molecular complexity index is 576. The molecule has 0 aliphatic rings. The number of nitrogens with zero attached hydrogens (tertiary/aromatic N) is 1. The van der Waals surface area contributed by atoms with Crippen LogP contribution in [0.4, 0.5) is 4.39 Å². The van der Waals surface area contributed by atoms with E-state index < -0.39 is 0 Å². The lowest BCUT2D eigenvalue weighted by Crippen LogP contribution is -2.04. The lowest BCUT2D eigenvalue weighted by Gasteiger charge is -2.10. The first-order valence-corrected chi connectivity index (χ1v) is 6.33. The van der Waals surface area contributed by atoms with Crippen LogP contribution in [0.25, 0.3) is 0 Å². The Kier molecular flexibility index (Phi) is 4.90. The smallest absolute Gasteiger partial charge is 0.219 e. The Morgan fingerprint density at radius 2 is 2.15 bits per heavy atom. The Balaban J connectivity index is 2.07. The molecule has 0 amide bonds. The van der Waals surface area contributed by atoms with Crippen LogP contribution in [0.2, 0.25) is 0 Å². The SMILES string of the molecule is COc1ncccc1COc1ccc(CCN)cc1F. The highest BCUT2D eigenvalue weighted by Gasteiger charge is 2.08. The maximum atomic E-state index is 13.8. The molecule has 0 radical (unpaired) electrons. The Hall–Kier alpha value is -2.14. The first-order valence-electron chi connectivity index (χ1n) is 6.33. The van der Waals surface area contributed by atoms with Gasteiger partial charge in [-0.25, -0.2) is 9.37 Å². The van der Waals surface area contributed by atoms with Gasteiger partial charge in [0.2, 0.25) is 5.88 Å². The molecular weight excluding hydrogens is 259 g/mol. The van der Waals surface area contributed by atoms with E-state index in [2.05, 4.69) is 4.98 Å². The van der Waals surface area contributed by atoms with E-state index in [1.807, 2.05) is 12.1 Å². The Labute approximate surface area is 117 Å². The predicted octanol–water partition coefficient (Wildman–Crippen LogP) is 2.31. The summed E-state index contributed by atoms with van der Waals surface area (Å²) in [5.74, 6) is 0.295. The molecule has 1 heterocycles. The quantitative estimate of drug-likeness (QED) is 0.879. The molecular formula is C15H17FN2O2. The van der Waals surface area contributed by atoms with Gasteiger partial charge in [-0.2, -0.15) is 0 Å². The van der Waals surface area contributed by atoms with E-state index in [1.165, 1.54) is 13.2 Å². The number of hydrogen-bond acceptors (Lipinski definition) is 4. The van der Waals surface area contributed by atoms with Crippen LogP contribution in [0.3, 0.4) is 0 Å². The molecule has 106 valence electrons. The zero-order valence-electron chi connectivity index (χ0n) is 11.3. The molecule has 0 aliphatic heterocycles. The van der Waals surface area contributed by atoms with Crippen molar-refractivity contribution in [3.05, 3.63) is 53.5 Å². The highest BCUT2D eigenvalue weighted by molar-refractivity contribution is 5.31. The maximum absolute atomic E-state index is 13.8. The molecule has 2 aromatic rings. The van der Waals surface area contributed by atoms with Gasteiger partial charge in [0.1, 0.15) is 6.61 Å². The number of methoxy groups -OCH3 is 1. The second-order valence-corrected chi connectivity index (χ2v) is 4.26. The molecule has 0 saturated carbocycles. The topological polar surface area (TPSA) is 57.4 Å². The second-order valence-electron chi connectivity index (χ2n) is 4.26.